The van der Waals surface area contributed by atoms with Crippen molar-refractivity contribution < 1.29 is 0 Å². The van der Waals surface area contributed by atoms with Crippen LogP contribution in [0, 0.1) is 0 Å². The molecule has 0 spiro atoms. The van der Waals surface area contributed by atoms with E-state index in [9.17, 15) is 0 Å². The van der Waals surface area contributed by atoms with E-state index in [0.717, 1.165) is 156 Å². The number of hydrogen-bond donors (Lipinski definition) is 0. The predicted octanol–water partition coefficient (Wildman–Crippen LogP) is 28.2. The van der Waals surface area contributed by atoms with Crippen LogP contribution in [-0.2, 0) is 0 Å². The molecular weight excluding hydrogens is 1430 g/mol. The van der Waals surface area contributed by atoms with Gasteiger partial charge in [-0.2, -0.15) is 0 Å². The molecule has 0 saturated carbocycles. The summed E-state index contributed by atoms with van der Waals surface area (Å²) in [5.74, 6) is 1.39. The molecule has 0 radical (unpaired) electrons. The summed E-state index contributed by atoms with van der Waals surface area (Å²) in [6, 6.07) is 153. The first-order valence-corrected chi connectivity index (χ1v) is 39.9. The molecular formula is C110H72N8. The molecule has 0 unspecified atom stereocenters. The van der Waals surface area contributed by atoms with Gasteiger partial charge in [0.1, 0.15) is 0 Å². The lowest BCUT2D eigenvalue weighted by Gasteiger charge is -2.12. The van der Waals surface area contributed by atoms with E-state index in [0.29, 0.717) is 11.6 Å². The molecule has 0 saturated heterocycles. The van der Waals surface area contributed by atoms with Crippen LogP contribution in [0.3, 0.4) is 0 Å². The minimum absolute atomic E-state index is 0.691. The lowest BCUT2D eigenvalue weighted by atomic mass is 9.98. The zero-order valence-corrected chi connectivity index (χ0v) is 64.1. The van der Waals surface area contributed by atoms with Gasteiger partial charge in [-0.3, -0.25) is 0 Å². The van der Waals surface area contributed by atoms with E-state index in [1.165, 1.54) is 44.1 Å². The van der Waals surface area contributed by atoms with Crippen molar-refractivity contribution >= 4 is 65.4 Å². The molecule has 552 valence electrons. The van der Waals surface area contributed by atoms with E-state index < -0.39 is 0 Å². The summed E-state index contributed by atoms with van der Waals surface area (Å²) in [6.07, 6.45) is 0. The average molecular weight is 1510 g/mol. The van der Waals surface area contributed by atoms with E-state index in [-0.39, 0.29) is 0 Å². The van der Waals surface area contributed by atoms with Crippen molar-refractivity contribution in [2.75, 3.05) is 0 Å². The topological polar surface area (TPSA) is 87.2 Å². The molecule has 8 heteroatoms. The van der Waals surface area contributed by atoms with Gasteiger partial charge >= 0.3 is 0 Å². The first kappa shape index (κ1) is 70.0. The third kappa shape index (κ3) is 13.3. The van der Waals surface area contributed by atoms with Gasteiger partial charge in [0.2, 0.25) is 0 Å². The van der Waals surface area contributed by atoms with Crippen LogP contribution < -0.4 is 0 Å². The highest BCUT2D eigenvalue weighted by atomic mass is 15.0. The first-order chi connectivity index (χ1) is 58.5. The lowest BCUT2D eigenvalue weighted by molar-refractivity contribution is 1.18. The van der Waals surface area contributed by atoms with Crippen LogP contribution in [0.15, 0.2) is 437 Å². The van der Waals surface area contributed by atoms with Gasteiger partial charge in [0.15, 0.2) is 11.6 Å². The van der Waals surface area contributed by atoms with Gasteiger partial charge in [-0.25, -0.2) is 29.9 Å². The monoisotopic (exact) mass is 1500 g/mol. The molecule has 0 aliphatic carbocycles. The van der Waals surface area contributed by atoms with Gasteiger partial charge in [-0.1, -0.05) is 376 Å². The van der Waals surface area contributed by atoms with Crippen LogP contribution in [0.4, 0.5) is 0 Å². The molecule has 0 aliphatic rings. The Morgan fingerprint density at radius 3 is 0.712 bits per heavy atom. The van der Waals surface area contributed by atoms with E-state index >= 15 is 0 Å². The normalized spacial score (nSPS) is 11.4. The van der Waals surface area contributed by atoms with Crippen molar-refractivity contribution in [2.45, 2.75) is 0 Å². The van der Waals surface area contributed by atoms with Crippen molar-refractivity contribution in [2.24, 2.45) is 0 Å². The van der Waals surface area contributed by atoms with E-state index in [2.05, 4.69) is 397 Å². The standard InChI is InChI=1S/2C55H36N4/c1-4-14-37(15-5-1)38-24-30-41(31-25-38)49-36-50(58-55(57-49)44-16-6-2-7-17-44)42-32-26-39(27-33-42)40-28-34-43(35-29-40)53-52-47-21-11-13-23-51(47)59(45-18-8-3-9-19-45)54(52)46-20-10-12-22-48(46)56-53;1-4-14-37(15-5-1)38-24-30-42(31-25-38)50-36-49(41-16-6-2-7-17-41)57-55(58-50)44-34-28-40(29-35-44)39-26-32-43(33-27-39)53-52-47-21-11-13-23-51(47)59(45-18-8-3-9-19-45)54(52)46-20-10-12-22-48(46)56-53/h2*1-36H. The molecule has 16 aromatic carbocycles. The minimum Gasteiger partial charge on any atom is -0.308 e. The summed E-state index contributed by atoms with van der Waals surface area (Å²) in [4.78, 5) is 31.0. The van der Waals surface area contributed by atoms with E-state index in [1.807, 2.05) is 48.5 Å². The first-order valence-electron chi connectivity index (χ1n) is 39.9. The molecule has 22 aromatic rings. The van der Waals surface area contributed by atoms with Crippen molar-refractivity contribution in [1.29, 1.82) is 0 Å². The molecule has 0 amide bonds. The van der Waals surface area contributed by atoms with Crippen LogP contribution >= 0.6 is 0 Å². The molecule has 6 aromatic heterocycles. The molecule has 6 heterocycles. The fourth-order valence-electron chi connectivity index (χ4n) is 16.6. The van der Waals surface area contributed by atoms with E-state index in [4.69, 9.17) is 29.9 Å². The van der Waals surface area contributed by atoms with Crippen molar-refractivity contribution in [3.8, 4) is 146 Å². The maximum Gasteiger partial charge on any atom is 0.160 e. The third-order valence-electron chi connectivity index (χ3n) is 22.5. The fraction of sp³-hybridized carbons (Fsp3) is 0. The molecule has 0 atom stereocenters. The van der Waals surface area contributed by atoms with Crippen molar-refractivity contribution in [3.05, 3.63) is 437 Å². The zero-order chi connectivity index (χ0) is 78.2. The Balaban J connectivity index is 0.000000147. The van der Waals surface area contributed by atoms with Crippen LogP contribution in [0.5, 0.6) is 0 Å². The third-order valence-corrected chi connectivity index (χ3v) is 22.5. The molecule has 0 bridgehead atoms. The lowest BCUT2D eigenvalue weighted by Crippen LogP contribution is -1.96. The Morgan fingerprint density at radius 2 is 0.381 bits per heavy atom. The summed E-state index contributed by atoms with van der Waals surface area (Å²) in [5.41, 5.74) is 31.9. The number of para-hydroxylation sites is 6. The molecule has 118 heavy (non-hydrogen) atoms. The number of benzene rings is 16. The summed E-state index contributed by atoms with van der Waals surface area (Å²) in [6.45, 7) is 0. The van der Waals surface area contributed by atoms with Gasteiger partial charge < -0.3 is 9.13 Å². The average Bonchev–Trinajstić information content (AvgIpc) is 1.56. The number of pyridine rings is 2. The van der Waals surface area contributed by atoms with Crippen molar-refractivity contribution in [3.63, 3.8) is 0 Å². The quantitative estimate of drug-likeness (QED) is 0.108. The molecule has 0 aliphatic heterocycles. The second kappa shape index (κ2) is 30.5. The van der Waals surface area contributed by atoms with Gasteiger partial charge in [0, 0.05) is 88.2 Å². The number of aromatic nitrogens is 8. The maximum absolute atomic E-state index is 5.33. The smallest absolute Gasteiger partial charge is 0.160 e. The Morgan fingerprint density at radius 1 is 0.161 bits per heavy atom. The highest BCUT2D eigenvalue weighted by molar-refractivity contribution is 6.24. The summed E-state index contributed by atoms with van der Waals surface area (Å²) < 4.78 is 4.77. The molecule has 0 N–H and O–H groups in total. The molecule has 8 nitrogen and oxygen atoms in total. The fourth-order valence-corrected chi connectivity index (χ4v) is 16.6. The molecule has 0 fully saturated rings. The predicted molar refractivity (Wildman–Crippen MR) is 489 cm³/mol. The summed E-state index contributed by atoms with van der Waals surface area (Å²) in [5, 5.41) is 6.96. The number of rotatable bonds is 14. The van der Waals surface area contributed by atoms with Crippen LogP contribution in [0.1, 0.15) is 0 Å². The highest BCUT2D eigenvalue weighted by Crippen LogP contribution is 2.45. The molecule has 22 rings (SSSR count). The number of fused-ring (bicyclic) bond motifs is 10. The van der Waals surface area contributed by atoms with Gasteiger partial charge in [0.25, 0.3) is 0 Å². The minimum atomic E-state index is 0.691. The largest absolute Gasteiger partial charge is 0.308 e. The van der Waals surface area contributed by atoms with Gasteiger partial charge in [-0.05, 0) is 105 Å². The van der Waals surface area contributed by atoms with Gasteiger partial charge in [-0.15, -0.1) is 0 Å². The Hall–Kier alpha value is -15.9. The van der Waals surface area contributed by atoms with Crippen molar-refractivity contribution in [1.82, 2.24) is 39.0 Å². The SMILES string of the molecule is c1ccc(-c2ccc(-c3cc(-c4ccc(-c5ccc(-c6nc7ccccc7c7c6c6ccccc6n7-c6ccccc6)cc5)cc4)nc(-c4ccccc4)n3)cc2)cc1.c1ccc(-c2ccc(-c3cc(-c4ccccc4)nc(-c4ccc(-c5ccc(-c6nc7ccccc7c7c6c6ccccc6n7-c6ccccc6)cc5)cc4)n3)cc2)cc1. The zero-order valence-electron chi connectivity index (χ0n) is 64.1. The number of hydrogen-bond acceptors (Lipinski definition) is 6. The highest BCUT2D eigenvalue weighted by Gasteiger charge is 2.24. The summed E-state index contributed by atoms with van der Waals surface area (Å²) >= 11 is 0. The second-order valence-corrected chi connectivity index (χ2v) is 29.6. The van der Waals surface area contributed by atoms with E-state index in [1.54, 1.807) is 0 Å². The Kier molecular flexibility index (Phi) is 18.1. The number of nitrogens with zero attached hydrogens (tertiary/aromatic N) is 8. The van der Waals surface area contributed by atoms with Crippen LogP contribution in [-0.4, -0.2) is 39.0 Å². The summed E-state index contributed by atoms with van der Waals surface area (Å²) in [7, 11) is 0. The van der Waals surface area contributed by atoms with Crippen LogP contribution in [0.25, 0.3) is 212 Å². The Bertz CT molecular complexity index is 6980. The van der Waals surface area contributed by atoms with Gasteiger partial charge in [0.05, 0.1) is 67.3 Å². The second-order valence-electron chi connectivity index (χ2n) is 29.6. The maximum atomic E-state index is 5.33. The Labute approximate surface area is 683 Å². The van der Waals surface area contributed by atoms with Crippen LogP contribution in [0.2, 0.25) is 0 Å².